The minimum absolute atomic E-state index is 0. The van der Waals surface area contributed by atoms with Crippen LogP contribution in [-0.4, -0.2) is 23.2 Å². The van der Waals surface area contributed by atoms with E-state index < -0.39 is 28.9 Å². The monoisotopic (exact) mass is 613 g/mol. The van der Waals surface area contributed by atoms with Gasteiger partial charge < -0.3 is 0 Å². The molecule has 0 bridgehead atoms. The molecule has 1 nitrogen and oxygen atoms in total. The normalized spacial score (nSPS) is 14.5. The molecule has 0 atom stereocenters. The van der Waals surface area contributed by atoms with Crippen molar-refractivity contribution in [1.82, 2.24) is 0 Å². The number of hydrogen-bond acceptors (Lipinski definition) is 1. The van der Waals surface area contributed by atoms with Gasteiger partial charge in [0.15, 0.2) is 0 Å². The molecule has 0 saturated carbocycles. The predicted octanol–water partition coefficient (Wildman–Crippen LogP) is 13.0. The zero-order valence-corrected chi connectivity index (χ0v) is 32.4. The van der Waals surface area contributed by atoms with Crippen molar-refractivity contribution in [3.63, 3.8) is 0 Å². The van der Waals surface area contributed by atoms with Crippen molar-refractivity contribution >= 4 is 28.9 Å². The molecular weight excluding hydrogens is 549 g/mol. The molecule has 1 aliphatic carbocycles. The maximum absolute atomic E-state index is 6.08. The first-order valence-electron chi connectivity index (χ1n) is 15.2. The van der Waals surface area contributed by atoms with E-state index in [0.29, 0.717) is 0 Å². The van der Waals surface area contributed by atoms with Crippen LogP contribution in [0.2, 0.25) is 57.4 Å². The first-order valence-corrected chi connectivity index (χ1v) is 29.1. The van der Waals surface area contributed by atoms with E-state index in [4.69, 9.17) is 4.74 Å². The smallest absolute Gasteiger partial charge is 0.0873 e. The summed E-state index contributed by atoms with van der Waals surface area (Å²) in [5.41, 5.74) is 0.134. The number of hydrogen-bond donors (Lipinski definition) is 0. The van der Waals surface area contributed by atoms with Gasteiger partial charge in [0.2, 0.25) is 0 Å². The maximum Gasteiger partial charge on any atom is 0.0873 e. The van der Waals surface area contributed by atoms with Crippen molar-refractivity contribution in [3.05, 3.63) is 48.2 Å². The van der Waals surface area contributed by atoms with Crippen molar-refractivity contribution in [1.29, 1.82) is 0 Å². The Hall–Kier alpha value is 0.555. The van der Waals surface area contributed by atoms with Gasteiger partial charge in [0.25, 0.3) is 0 Å². The standard InChI is InChI=1S/C23H50NPSi3.C8H14.Ti/c1-10-13-20-26(4,5)25(24-23-18-16-17-19-23,27(6,7)21-14-11-2)28(8,9)22-15-12-3;1-3-5-7-8-6-4-2;/h16-18H,10-15,19-22H2,1-9H3;5-8H,3-4H2,1-2H3;. The summed E-state index contributed by atoms with van der Waals surface area (Å²) < 4.78 is 6.08. The molecular formula is C31H64NPSi3Ti. The number of nitrogens with zero attached hydrogens (tertiary/aromatic N) is 1. The molecule has 0 aromatic carbocycles. The van der Waals surface area contributed by atoms with Crippen molar-refractivity contribution < 1.29 is 21.7 Å². The SMILES string of the molecule is CCC=CC=CCC.CCCC[Si](C)(C)P(=NC1=CC=CC1)([Si](C)(C)CCCC)[Si](C)(C)CCCC.[Ti]. The fraction of sp³-hybridized carbons (Fsp3) is 0.742. The van der Waals surface area contributed by atoms with Crippen LogP contribution >= 0.6 is 5.70 Å². The van der Waals surface area contributed by atoms with E-state index in [1.165, 1.54) is 62.4 Å². The van der Waals surface area contributed by atoms with Gasteiger partial charge in [-0.05, 0) is 18.9 Å². The van der Waals surface area contributed by atoms with E-state index in [1.54, 1.807) is 0 Å². The zero-order valence-electron chi connectivity index (χ0n) is 26.9. The van der Waals surface area contributed by atoms with Crippen LogP contribution in [0.25, 0.3) is 0 Å². The largest absolute Gasteiger partial charge is 0.283 e. The van der Waals surface area contributed by atoms with Crippen LogP contribution in [0.4, 0.5) is 0 Å². The van der Waals surface area contributed by atoms with Crippen LogP contribution in [0, 0.1) is 0 Å². The van der Waals surface area contributed by atoms with Crippen LogP contribution in [-0.2, 0) is 21.7 Å². The fourth-order valence-corrected chi connectivity index (χ4v) is 90.2. The first kappa shape index (κ1) is 39.7. The molecule has 0 fully saturated rings. The van der Waals surface area contributed by atoms with Gasteiger partial charge in [-0.15, -0.1) is 0 Å². The Morgan fingerprint density at radius 2 is 1.08 bits per heavy atom. The summed E-state index contributed by atoms with van der Waals surface area (Å²) in [6, 6.07) is 4.52. The van der Waals surface area contributed by atoms with Gasteiger partial charge >= 0.3 is 0 Å². The molecule has 0 spiro atoms. The Morgan fingerprint density at radius 3 is 1.35 bits per heavy atom. The molecule has 0 aliphatic heterocycles. The molecule has 0 N–H and O–H groups in total. The van der Waals surface area contributed by atoms with Crippen LogP contribution in [0.15, 0.2) is 53.0 Å². The van der Waals surface area contributed by atoms with Crippen LogP contribution < -0.4 is 0 Å². The van der Waals surface area contributed by atoms with Gasteiger partial charge in [-0.1, -0.05) is 173 Å². The third-order valence-electron chi connectivity index (χ3n) is 7.94. The molecule has 0 amide bonds. The van der Waals surface area contributed by atoms with Gasteiger partial charge in [-0.25, -0.2) is 0 Å². The summed E-state index contributed by atoms with van der Waals surface area (Å²) in [7, 11) is -4.33. The van der Waals surface area contributed by atoms with E-state index in [1.807, 2.05) is 0 Å². The fourth-order valence-electron chi connectivity index (χ4n) is 6.31. The first-order chi connectivity index (χ1) is 16.9. The van der Waals surface area contributed by atoms with Crippen molar-refractivity contribution in [3.8, 4) is 0 Å². The number of rotatable bonds is 16. The van der Waals surface area contributed by atoms with Crippen molar-refractivity contribution in [2.75, 3.05) is 0 Å². The minimum Gasteiger partial charge on any atom is -0.283 e. The molecule has 214 valence electrons. The molecule has 0 radical (unpaired) electrons. The Morgan fingerprint density at radius 1 is 0.703 bits per heavy atom. The van der Waals surface area contributed by atoms with Gasteiger partial charge in [0.05, 0.1) is 23.2 Å². The molecule has 0 unspecified atom stereocenters. The Kier molecular flexibility index (Phi) is 21.9. The second kappa shape index (κ2) is 20.4. The van der Waals surface area contributed by atoms with Gasteiger partial charge in [0.1, 0.15) is 0 Å². The van der Waals surface area contributed by atoms with Crippen LogP contribution in [0.1, 0.15) is 92.4 Å². The van der Waals surface area contributed by atoms with Gasteiger partial charge in [-0.3, -0.25) is 4.74 Å². The molecule has 37 heavy (non-hydrogen) atoms. The summed E-state index contributed by atoms with van der Waals surface area (Å²) in [6.07, 6.45) is 27.1. The van der Waals surface area contributed by atoms with Gasteiger partial charge in [-0.2, -0.15) is 0 Å². The average Bonchev–Trinajstić information content (AvgIpc) is 3.34. The Balaban J connectivity index is 0. The Bertz CT molecular complexity index is 710. The minimum atomic E-state index is -1.44. The van der Waals surface area contributed by atoms with E-state index in [-0.39, 0.29) is 21.7 Å². The maximum atomic E-state index is 6.08. The van der Waals surface area contributed by atoms with E-state index in [0.717, 1.165) is 19.3 Å². The molecule has 1 aliphatic rings. The van der Waals surface area contributed by atoms with Crippen molar-refractivity contribution in [2.24, 2.45) is 4.74 Å². The van der Waals surface area contributed by atoms with Crippen LogP contribution in [0.5, 0.6) is 0 Å². The summed E-state index contributed by atoms with van der Waals surface area (Å²) in [5.74, 6) is 0. The summed E-state index contributed by atoms with van der Waals surface area (Å²) in [6.45, 7) is 28.1. The second-order valence-corrected chi connectivity index (χ2v) is 47.0. The average molecular weight is 614 g/mol. The topological polar surface area (TPSA) is 12.4 Å². The van der Waals surface area contributed by atoms with E-state index in [9.17, 15) is 0 Å². The second-order valence-electron chi connectivity index (χ2n) is 12.4. The quantitative estimate of drug-likeness (QED) is 0.0933. The summed E-state index contributed by atoms with van der Waals surface area (Å²) in [5, 5.41) is 0. The molecule has 0 saturated heterocycles. The third-order valence-corrected chi connectivity index (χ3v) is 69.9. The molecule has 6 heteroatoms. The number of unbranched alkanes of at least 4 members (excludes halogenated alkanes) is 3. The summed E-state index contributed by atoms with van der Waals surface area (Å²) >= 11 is 0. The number of allylic oxidation sites excluding steroid dienone is 7. The zero-order chi connectivity index (χ0) is 27.7. The molecule has 0 aromatic heterocycles. The predicted molar refractivity (Wildman–Crippen MR) is 182 cm³/mol. The van der Waals surface area contributed by atoms with E-state index in [2.05, 4.69) is 116 Å². The van der Waals surface area contributed by atoms with Crippen molar-refractivity contribution in [2.45, 2.75) is 150 Å². The molecule has 1 rings (SSSR count). The molecule has 0 heterocycles. The van der Waals surface area contributed by atoms with Crippen LogP contribution in [0.3, 0.4) is 0 Å². The van der Waals surface area contributed by atoms with Gasteiger partial charge in [0, 0.05) is 33.8 Å². The Labute approximate surface area is 252 Å². The summed E-state index contributed by atoms with van der Waals surface area (Å²) in [4.78, 5) is 0. The molecule has 0 aromatic rings. The van der Waals surface area contributed by atoms with E-state index >= 15 is 0 Å². The third kappa shape index (κ3) is 12.3.